The first-order valence-electron chi connectivity index (χ1n) is 6.50. The van der Waals surface area contributed by atoms with Gasteiger partial charge in [0.25, 0.3) is 0 Å². The third kappa shape index (κ3) is 2.99. The number of ether oxygens (including phenoxy) is 1. The predicted molar refractivity (Wildman–Crippen MR) is 71.3 cm³/mol. The van der Waals surface area contributed by atoms with Crippen LogP contribution in [0.4, 0.5) is 5.69 Å². The van der Waals surface area contributed by atoms with Gasteiger partial charge in [-0.25, -0.2) is 0 Å². The van der Waals surface area contributed by atoms with Crippen molar-refractivity contribution in [1.29, 1.82) is 0 Å². The van der Waals surface area contributed by atoms with E-state index >= 15 is 0 Å². The molecular weight excluding hydrogens is 212 g/mol. The lowest BCUT2D eigenvalue weighted by atomic mass is 10.0. The van der Waals surface area contributed by atoms with E-state index in [9.17, 15) is 0 Å². The minimum Gasteiger partial charge on any atom is -0.380 e. The van der Waals surface area contributed by atoms with Crippen molar-refractivity contribution < 1.29 is 4.74 Å². The molecule has 2 rings (SSSR count). The van der Waals surface area contributed by atoms with E-state index in [4.69, 9.17) is 10.5 Å². The van der Waals surface area contributed by atoms with E-state index in [0.717, 1.165) is 39.1 Å². The quantitative estimate of drug-likeness (QED) is 0.872. The van der Waals surface area contributed by atoms with Crippen LogP contribution >= 0.6 is 0 Å². The molecule has 2 N–H and O–H groups in total. The highest BCUT2D eigenvalue weighted by molar-refractivity contribution is 5.55. The molecule has 3 heteroatoms. The number of hydrogen-bond donors (Lipinski definition) is 1. The molecule has 1 heterocycles. The molecule has 1 fully saturated rings. The SMILES string of the molecule is CC[C@@H](N)c1ccccc1N1CCCOCC1. The first-order valence-corrected chi connectivity index (χ1v) is 6.50. The van der Waals surface area contributed by atoms with E-state index < -0.39 is 0 Å². The van der Waals surface area contributed by atoms with Gasteiger partial charge in [0, 0.05) is 31.4 Å². The van der Waals surface area contributed by atoms with Crippen molar-refractivity contribution in [2.75, 3.05) is 31.2 Å². The van der Waals surface area contributed by atoms with Gasteiger partial charge >= 0.3 is 0 Å². The molecule has 0 aromatic heterocycles. The van der Waals surface area contributed by atoms with E-state index in [1.165, 1.54) is 11.3 Å². The largest absolute Gasteiger partial charge is 0.380 e. The number of nitrogens with zero attached hydrogens (tertiary/aromatic N) is 1. The monoisotopic (exact) mass is 234 g/mol. The third-order valence-electron chi connectivity index (χ3n) is 3.34. The Hall–Kier alpha value is -1.06. The molecule has 3 nitrogen and oxygen atoms in total. The topological polar surface area (TPSA) is 38.5 Å². The van der Waals surface area contributed by atoms with Gasteiger partial charge in [-0.3, -0.25) is 0 Å². The van der Waals surface area contributed by atoms with Crippen LogP contribution in [0, 0.1) is 0 Å². The fourth-order valence-electron chi connectivity index (χ4n) is 2.30. The van der Waals surface area contributed by atoms with E-state index in [2.05, 4.69) is 36.1 Å². The van der Waals surface area contributed by atoms with Crippen LogP contribution in [0.1, 0.15) is 31.4 Å². The molecule has 0 saturated carbocycles. The van der Waals surface area contributed by atoms with Crippen LogP contribution in [-0.2, 0) is 4.74 Å². The van der Waals surface area contributed by atoms with Gasteiger partial charge in [-0.05, 0) is 24.5 Å². The summed E-state index contributed by atoms with van der Waals surface area (Å²) in [5.41, 5.74) is 8.73. The number of rotatable bonds is 3. The zero-order chi connectivity index (χ0) is 12.1. The van der Waals surface area contributed by atoms with Crippen molar-refractivity contribution in [3.05, 3.63) is 29.8 Å². The summed E-state index contributed by atoms with van der Waals surface area (Å²) in [5, 5.41) is 0. The van der Waals surface area contributed by atoms with Crippen LogP contribution in [0.25, 0.3) is 0 Å². The summed E-state index contributed by atoms with van der Waals surface area (Å²) in [6.07, 6.45) is 2.07. The van der Waals surface area contributed by atoms with Crippen LogP contribution in [0.5, 0.6) is 0 Å². The Kier molecular flexibility index (Phi) is 4.40. The summed E-state index contributed by atoms with van der Waals surface area (Å²) < 4.78 is 5.50. The lowest BCUT2D eigenvalue weighted by molar-refractivity contribution is 0.152. The maximum atomic E-state index is 6.18. The highest BCUT2D eigenvalue weighted by atomic mass is 16.5. The smallest absolute Gasteiger partial charge is 0.0641 e. The van der Waals surface area contributed by atoms with Crippen LogP contribution in [-0.4, -0.2) is 26.3 Å². The molecule has 0 aliphatic carbocycles. The molecule has 0 amide bonds. The van der Waals surface area contributed by atoms with Crippen molar-refractivity contribution in [3.63, 3.8) is 0 Å². The van der Waals surface area contributed by atoms with E-state index in [1.54, 1.807) is 0 Å². The first kappa shape index (κ1) is 12.4. The Morgan fingerprint density at radius 1 is 1.29 bits per heavy atom. The average Bonchev–Trinajstić information content (AvgIpc) is 2.66. The number of anilines is 1. The van der Waals surface area contributed by atoms with Gasteiger partial charge in [0.15, 0.2) is 0 Å². The molecule has 1 aromatic carbocycles. The van der Waals surface area contributed by atoms with E-state index in [-0.39, 0.29) is 6.04 Å². The molecule has 1 aliphatic heterocycles. The van der Waals surface area contributed by atoms with Crippen molar-refractivity contribution >= 4 is 5.69 Å². The Morgan fingerprint density at radius 2 is 2.12 bits per heavy atom. The Bertz CT molecular complexity index is 346. The Morgan fingerprint density at radius 3 is 2.94 bits per heavy atom. The molecule has 0 bridgehead atoms. The second kappa shape index (κ2) is 6.03. The molecule has 1 atom stereocenters. The van der Waals surface area contributed by atoms with Crippen molar-refractivity contribution in [2.45, 2.75) is 25.8 Å². The summed E-state index contributed by atoms with van der Waals surface area (Å²) in [6, 6.07) is 8.62. The third-order valence-corrected chi connectivity index (χ3v) is 3.34. The van der Waals surface area contributed by atoms with Gasteiger partial charge in [-0.1, -0.05) is 25.1 Å². The Labute approximate surface area is 104 Å². The number of hydrogen-bond acceptors (Lipinski definition) is 3. The maximum absolute atomic E-state index is 6.18. The summed E-state index contributed by atoms with van der Waals surface area (Å²) in [5.74, 6) is 0. The van der Waals surface area contributed by atoms with Gasteiger partial charge in [0.2, 0.25) is 0 Å². The minimum atomic E-state index is 0.135. The number of para-hydroxylation sites is 1. The lowest BCUT2D eigenvalue weighted by Gasteiger charge is -2.26. The zero-order valence-corrected chi connectivity index (χ0v) is 10.6. The van der Waals surface area contributed by atoms with Gasteiger partial charge in [0.1, 0.15) is 0 Å². The summed E-state index contributed by atoms with van der Waals surface area (Å²) in [7, 11) is 0. The molecule has 0 spiro atoms. The molecule has 0 radical (unpaired) electrons. The molecule has 1 aliphatic rings. The molecule has 1 aromatic rings. The van der Waals surface area contributed by atoms with Crippen LogP contribution in [0.2, 0.25) is 0 Å². The molecule has 94 valence electrons. The standard InChI is InChI=1S/C14H22N2O/c1-2-13(15)12-6-3-4-7-14(12)16-8-5-10-17-11-9-16/h3-4,6-7,13H,2,5,8-11,15H2,1H3/t13-/m1/s1. The fourth-order valence-corrected chi connectivity index (χ4v) is 2.30. The van der Waals surface area contributed by atoms with Gasteiger partial charge in [-0.2, -0.15) is 0 Å². The highest BCUT2D eigenvalue weighted by Crippen LogP contribution is 2.27. The molecule has 0 unspecified atom stereocenters. The number of nitrogens with two attached hydrogens (primary N) is 1. The zero-order valence-electron chi connectivity index (χ0n) is 10.6. The average molecular weight is 234 g/mol. The van der Waals surface area contributed by atoms with Crippen LogP contribution in [0.3, 0.4) is 0 Å². The van der Waals surface area contributed by atoms with Crippen molar-refractivity contribution in [3.8, 4) is 0 Å². The Balaban J connectivity index is 2.23. The van der Waals surface area contributed by atoms with Gasteiger partial charge in [-0.15, -0.1) is 0 Å². The second-order valence-corrected chi connectivity index (χ2v) is 4.53. The van der Waals surface area contributed by atoms with Gasteiger partial charge < -0.3 is 15.4 Å². The fraction of sp³-hybridized carbons (Fsp3) is 0.571. The van der Waals surface area contributed by atoms with Crippen molar-refractivity contribution in [2.24, 2.45) is 5.73 Å². The lowest BCUT2D eigenvalue weighted by Crippen LogP contribution is -2.28. The maximum Gasteiger partial charge on any atom is 0.0641 e. The summed E-state index contributed by atoms with van der Waals surface area (Å²) in [6.45, 7) is 5.85. The van der Waals surface area contributed by atoms with Crippen LogP contribution in [0.15, 0.2) is 24.3 Å². The molecule has 17 heavy (non-hydrogen) atoms. The summed E-state index contributed by atoms with van der Waals surface area (Å²) in [4.78, 5) is 2.40. The van der Waals surface area contributed by atoms with Gasteiger partial charge in [0.05, 0.1) is 6.61 Å². The molecule has 1 saturated heterocycles. The minimum absolute atomic E-state index is 0.135. The van der Waals surface area contributed by atoms with Crippen LogP contribution < -0.4 is 10.6 Å². The highest BCUT2D eigenvalue weighted by Gasteiger charge is 2.15. The summed E-state index contributed by atoms with van der Waals surface area (Å²) >= 11 is 0. The normalized spacial score (nSPS) is 18.8. The molecular formula is C14H22N2O. The first-order chi connectivity index (χ1) is 8.33. The number of benzene rings is 1. The van der Waals surface area contributed by atoms with E-state index in [0.29, 0.717) is 0 Å². The van der Waals surface area contributed by atoms with Crippen molar-refractivity contribution in [1.82, 2.24) is 0 Å². The second-order valence-electron chi connectivity index (χ2n) is 4.53. The predicted octanol–water partition coefficient (Wildman–Crippen LogP) is 2.32. The van der Waals surface area contributed by atoms with E-state index in [1.807, 2.05) is 0 Å².